The highest BCUT2D eigenvalue weighted by Gasteiger charge is 2.08. The first-order chi connectivity index (χ1) is 13.2. The monoisotopic (exact) mass is 381 g/mol. The van der Waals surface area contributed by atoms with E-state index in [1.54, 1.807) is 30.5 Å². The Balaban J connectivity index is 1.63. The van der Waals surface area contributed by atoms with Crippen LogP contribution in [0.25, 0.3) is 0 Å². The molecule has 0 aliphatic rings. The summed E-state index contributed by atoms with van der Waals surface area (Å²) < 4.78 is 5.40. The van der Waals surface area contributed by atoms with Gasteiger partial charge in [-0.2, -0.15) is 0 Å². The summed E-state index contributed by atoms with van der Waals surface area (Å²) in [4.78, 5) is 16.7. The van der Waals surface area contributed by atoms with Crippen LogP contribution in [0.4, 0.5) is 11.5 Å². The van der Waals surface area contributed by atoms with E-state index < -0.39 is 0 Å². The van der Waals surface area contributed by atoms with Gasteiger partial charge in [0.05, 0.1) is 6.61 Å². The van der Waals surface area contributed by atoms with Gasteiger partial charge < -0.3 is 15.4 Å². The molecule has 0 radical (unpaired) electrons. The molecule has 2 aromatic carbocycles. The third kappa shape index (κ3) is 5.21. The summed E-state index contributed by atoms with van der Waals surface area (Å²) in [6.07, 6.45) is 1.60. The Morgan fingerprint density at radius 2 is 1.89 bits per heavy atom. The van der Waals surface area contributed by atoms with Crippen LogP contribution < -0.4 is 15.4 Å². The van der Waals surface area contributed by atoms with E-state index in [4.69, 9.17) is 16.3 Å². The molecule has 0 bridgehead atoms. The van der Waals surface area contributed by atoms with Crippen molar-refractivity contribution in [3.63, 3.8) is 0 Å². The number of hydrogen-bond acceptors (Lipinski definition) is 4. The molecule has 0 spiro atoms. The number of halogens is 1. The number of aromatic nitrogens is 1. The number of carbonyl (C=O) groups is 1. The van der Waals surface area contributed by atoms with Gasteiger partial charge in [-0.1, -0.05) is 29.8 Å². The van der Waals surface area contributed by atoms with Crippen LogP contribution in [0.2, 0.25) is 5.02 Å². The van der Waals surface area contributed by atoms with Gasteiger partial charge in [0.25, 0.3) is 5.91 Å². The Bertz CT molecular complexity index is 913. The van der Waals surface area contributed by atoms with Crippen molar-refractivity contribution in [3.8, 4) is 5.75 Å². The number of rotatable bonds is 7. The molecule has 138 valence electrons. The van der Waals surface area contributed by atoms with Crippen molar-refractivity contribution in [2.45, 2.75) is 13.5 Å². The summed E-state index contributed by atoms with van der Waals surface area (Å²) in [5.41, 5.74) is 2.18. The average molecular weight is 382 g/mol. The lowest BCUT2D eigenvalue weighted by atomic mass is 10.2. The third-order valence-corrected chi connectivity index (χ3v) is 4.23. The molecule has 6 heteroatoms. The van der Waals surface area contributed by atoms with Crippen molar-refractivity contribution in [1.82, 2.24) is 4.98 Å². The summed E-state index contributed by atoms with van der Waals surface area (Å²) in [6, 6.07) is 18.2. The lowest BCUT2D eigenvalue weighted by Gasteiger charge is -2.10. The van der Waals surface area contributed by atoms with Crippen LogP contribution in [0.1, 0.15) is 22.8 Å². The van der Waals surface area contributed by atoms with Gasteiger partial charge in [0.15, 0.2) is 0 Å². The van der Waals surface area contributed by atoms with E-state index in [9.17, 15) is 4.79 Å². The molecule has 0 fully saturated rings. The van der Waals surface area contributed by atoms with Crippen molar-refractivity contribution in [3.05, 3.63) is 83.0 Å². The molecule has 3 aromatic rings. The highest BCUT2D eigenvalue weighted by Crippen LogP contribution is 2.18. The smallest absolute Gasteiger partial charge is 0.255 e. The van der Waals surface area contributed by atoms with Gasteiger partial charge in [-0.3, -0.25) is 4.79 Å². The van der Waals surface area contributed by atoms with Crippen LogP contribution in [-0.2, 0) is 6.54 Å². The molecule has 0 aliphatic heterocycles. The van der Waals surface area contributed by atoms with E-state index >= 15 is 0 Å². The van der Waals surface area contributed by atoms with E-state index in [0.717, 1.165) is 11.3 Å². The minimum atomic E-state index is -0.206. The van der Waals surface area contributed by atoms with Gasteiger partial charge in [0, 0.05) is 29.0 Å². The van der Waals surface area contributed by atoms with Crippen LogP contribution in [0.15, 0.2) is 66.9 Å². The fraction of sp³-hybridized carbons (Fsp3) is 0.143. The van der Waals surface area contributed by atoms with Gasteiger partial charge in [-0.25, -0.2) is 4.98 Å². The first-order valence-electron chi connectivity index (χ1n) is 8.63. The minimum absolute atomic E-state index is 0.206. The normalized spacial score (nSPS) is 10.3. The molecule has 1 aromatic heterocycles. The van der Waals surface area contributed by atoms with Crippen molar-refractivity contribution in [1.29, 1.82) is 0 Å². The zero-order chi connectivity index (χ0) is 19.1. The summed E-state index contributed by atoms with van der Waals surface area (Å²) in [7, 11) is 0. The fourth-order valence-electron chi connectivity index (χ4n) is 2.50. The van der Waals surface area contributed by atoms with Crippen molar-refractivity contribution < 1.29 is 9.53 Å². The highest BCUT2D eigenvalue weighted by atomic mass is 35.5. The van der Waals surface area contributed by atoms with Gasteiger partial charge in [0.2, 0.25) is 0 Å². The van der Waals surface area contributed by atoms with Gasteiger partial charge in [-0.05, 0) is 55.0 Å². The number of benzene rings is 2. The van der Waals surface area contributed by atoms with Crippen molar-refractivity contribution >= 4 is 29.0 Å². The maximum atomic E-state index is 12.5. The molecule has 1 amide bonds. The van der Waals surface area contributed by atoms with Crippen LogP contribution in [-0.4, -0.2) is 17.5 Å². The standard InChI is InChI=1S/C21H20ClN3O2/c1-2-27-18-9-7-17(8-10-18)25-21(26)15-11-12-23-20(13-15)24-14-16-5-3-4-6-19(16)22/h3-13H,2,14H2,1H3,(H,23,24)(H,25,26). The average Bonchev–Trinajstić information content (AvgIpc) is 2.69. The van der Waals surface area contributed by atoms with E-state index in [2.05, 4.69) is 15.6 Å². The molecule has 2 N–H and O–H groups in total. The molecule has 0 saturated carbocycles. The molecule has 1 heterocycles. The first-order valence-corrected chi connectivity index (χ1v) is 9.01. The number of nitrogens with zero attached hydrogens (tertiary/aromatic N) is 1. The zero-order valence-electron chi connectivity index (χ0n) is 14.9. The van der Waals surface area contributed by atoms with E-state index in [0.29, 0.717) is 35.2 Å². The van der Waals surface area contributed by atoms with Crippen LogP contribution in [0.3, 0.4) is 0 Å². The summed E-state index contributed by atoms with van der Waals surface area (Å²) in [5, 5.41) is 6.75. The second kappa shape index (κ2) is 9.05. The zero-order valence-corrected chi connectivity index (χ0v) is 15.7. The van der Waals surface area contributed by atoms with Crippen LogP contribution >= 0.6 is 11.6 Å². The maximum absolute atomic E-state index is 12.5. The Labute approximate surface area is 163 Å². The third-order valence-electron chi connectivity index (χ3n) is 3.86. The van der Waals surface area contributed by atoms with Gasteiger partial charge in [0.1, 0.15) is 11.6 Å². The quantitative estimate of drug-likeness (QED) is 0.604. The van der Waals surface area contributed by atoms with Crippen molar-refractivity contribution in [2.24, 2.45) is 0 Å². The molecule has 5 nitrogen and oxygen atoms in total. The molecule has 0 unspecified atom stereocenters. The number of hydrogen-bond donors (Lipinski definition) is 2. The number of anilines is 2. The van der Waals surface area contributed by atoms with E-state index in [-0.39, 0.29) is 5.91 Å². The number of ether oxygens (including phenoxy) is 1. The predicted octanol–water partition coefficient (Wildman–Crippen LogP) is 5.00. The number of nitrogens with one attached hydrogen (secondary N) is 2. The Morgan fingerprint density at radius 3 is 2.63 bits per heavy atom. The molecule has 27 heavy (non-hydrogen) atoms. The Kier molecular flexibility index (Phi) is 6.28. The summed E-state index contributed by atoms with van der Waals surface area (Å²) in [6.45, 7) is 3.06. The summed E-state index contributed by atoms with van der Waals surface area (Å²) in [5.74, 6) is 1.17. The minimum Gasteiger partial charge on any atom is -0.494 e. The number of carbonyl (C=O) groups excluding carboxylic acids is 1. The number of pyridine rings is 1. The lowest BCUT2D eigenvalue weighted by Crippen LogP contribution is -2.12. The first kappa shape index (κ1) is 18.7. The topological polar surface area (TPSA) is 63.2 Å². The van der Waals surface area contributed by atoms with E-state index in [1.807, 2.05) is 43.3 Å². The van der Waals surface area contributed by atoms with Gasteiger partial charge in [-0.15, -0.1) is 0 Å². The molecular weight excluding hydrogens is 362 g/mol. The lowest BCUT2D eigenvalue weighted by molar-refractivity contribution is 0.102. The predicted molar refractivity (Wildman–Crippen MR) is 109 cm³/mol. The second-order valence-electron chi connectivity index (χ2n) is 5.79. The SMILES string of the molecule is CCOc1ccc(NC(=O)c2ccnc(NCc3ccccc3Cl)c2)cc1. The molecule has 0 aliphatic carbocycles. The second-order valence-corrected chi connectivity index (χ2v) is 6.19. The number of amides is 1. The summed E-state index contributed by atoms with van der Waals surface area (Å²) >= 11 is 6.16. The van der Waals surface area contributed by atoms with Gasteiger partial charge >= 0.3 is 0 Å². The molecule has 0 saturated heterocycles. The molecule has 0 atom stereocenters. The van der Waals surface area contributed by atoms with Crippen LogP contribution in [0.5, 0.6) is 5.75 Å². The van der Waals surface area contributed by atoms with Crippen LogP contribution in [0, 0.1) is 0 Å². The Morgan fingerprint density at radius 1 is 1.11 bits per heavy atom. The largest absolute Gasteiger partial charge is 0.494 e. The molecular formula is C21H20ClN3O2. The Hall–Kier alpha value is -3.05. The van der Waals surface area contributed by atoms with E-state index in [1.165, 1.54) is 0 Å². The fourth-order valence-corrected chi connectivity index (χ4v) is 2.70. The maximum Gasteiger partial charge on any atom is 0.255 e. The van der Waals surface area contributed by atoms with Crippen molar-refractivity contribution in [2.75, 3.05) is 17.2 Å². The molecule has 3 rings (SSSR count). The highest BCUT2D eigenvalue weighted by molar-refractivity contribution is 6.31.